The van der Waals surface area contributed by atoms with Crippen LogP contribution in [0.3, 0.4) is 0 Å². The molecule has 0 aliphatic rings. The smallest absolute Gasteiger partial charge is 0.194 e. The lowest BCUT2D eigenvalue weighted by atomic mass is 10.0. The molecule has 0 heterocycles. The molecule has 0 saturated heterocycles. The van der Waals surface area contributed by atoms with Gasteiger partial charge in [-0.3, -0.25) is 4.79 Å². The largest absolute Gasteiger partial charge is 0.494 e. The summed E-state index contributed by atoms with van der Waals surface area (Å²) in [6.07, 6.45) is 0. The molecule has 0 amide bonds. The first kappa shape index (κ1) is 14.5. The Labute approximate surface area is 122 Å². The van der Waals surface area contributed by atoms with Gasteiger partial charge in [0.05, 0.1) is 12.8 Å². The number of carbonyl (C=O) groups is 1. The highest BCUT2D eigenvalue weighted by Crippen LogP contribution is 2.26. The van der Waals surface area contributed by atoms with Crippen LogP contribution >= 0.6 is 15.9 Å². The summed E-state index contributed by atoms with van der Waals surface area (Å²) in [5.74, 6) is -1.71. The molecule has 3 nitrogen and oxygen atoms in total. The zero-order valence-corrected chi connectivity index (χ0v) is 12.0. The molecule has 0 unspecified atom stereocenters. The van der Waals surface area contributed by atoms with E-state index in [0.29, 0.717) is 0 Å². The minimum atomic E-state index is -0.649. The van der Waals surface area contributed by atoms with E-state index in [9.17, 15) is 13.6 Å². The molecule has 0 bridgehead atoms. The highest BCUT2D eigenvalue weighted by Gasteiger charge is 2.17. The number of nitrogens with two attached hydrogens (primary N) is 1. The number of anilines is 1. The van der Waals surface area contributed by atoms with E-state index in [1.54, 1.807) is 0 Å². The Morgan fingerprint density at radius 1 is 1.20 bits per heavy atom. The van der Waals surface area contributed by atoms with Crippen LogP contribution in [0.15, 0.2) is 34.8 Å². The Kier molecular flexibility index (Phi) is 4.04. The van der Waals surface area contributed by atoms with Gasteiger partial charge in [0, 0.05) is 15.6 Å². The second-order valence-electron chi connectivity index (χ2n) is 4.03. The number of ketones is 1. The van der Waals surface area contributed by atoms with Gasteiger partial charge < -0.3 is 10.5 Å². The van der Waals surface area contributed by atoms with Crippen LogP contribution in [-0.4, -0.2) is 12.9 Å². The van der Waals surface area contributed by atoms with E-state index in [1.807, 2.05) is 0 Å². The van der Waals surface area contributed by atoms with Crippen LogP contribution in [0.25, 0.3) is 0 Å². The van der Waals surface area contributed by atoms with Crippen molar-refractivity contribution in [3.05, 3.63) is 57.6 Å². The van der Waals surface area contributed by atoms with Crippen molar-refractivity contribution >= 4 is 27.4 Å². The summed E-state index contributed by atoms with van der Waals surface area (Å²) in [6, 6.07) is 6.15. The van der Waals surface area contributed by atoms with Crippen LogP contribution in [0.4, 0.5) is 14.5 Å². The highest BCUT2D eigenvalue weighted by atomic mass is 79.9. The zero-order valence-electron chi connectivity index (χ0n) is 10.4. The number of ether oxygens (including phenoxy) is 1. The number of halogens is 3. The van der Waals surface area contributed by atoms with Crippen LogP contribution in [0.2, 0.25) is 0 Å². The standard InChI is InChI=1S/C14H10BrF2NO2/c1-20-13-3-2-7(4-11(13)17)14(19)8-5-12(18)10(16)6-9(8)15/h2-6H,18H2,1H3. The molecule has 20 heavy (non-hydrogen) atoms. The van der Waals surface area contributed by atoms with E-state index in [4.69, 9.17) is 10.5 Å². The SMILES string of the molecule is COc1ccc(C(=O)c2cc(N)c(F)cc2Br)cc1F. The predicted molar refractivity (Wildman–Crippen MR) is 74.9 cm³/mol. The Morgan fingerprint density at radius 2 is 1.90 bits per heavy atom. The van der Waals surface area contributed by atoms with Gasteiger partial charge in [0.1, 0.15) is 5.82 Å². The Balaban J connectivity index is 2.46. The molecule has 0 atom stereocenters. The third kappa shape index (κ3) is 2.65. The van der Waals surface area contributed by atoms with Gasteiger partial charge in [0.2, 0.25) is 0 Å². The summed E-state index contributed by atoms with van der Waals surface area (Å²) in [5.41, 5.74) is 5.57. The molecule has 0 aliphatic heterocycles. The molecule has 6 heteroatoms. The van der Waals surface area contributed by atoms with Crippen LogP contribution in [0, 0.1) is 11.6 Å². The van der Waals surface area contributed by atoms with E-state index < -0.39 is 17.4 Å². The first-order valence-electron chi connectivity index (χ1n) is 5.56. The van der Waals surface area contributed by atoms with Gasteiger partial charge in [-0.05, 0) is 46.3 Å². The molecule has 0 radical (unpaired) electrons. The lowest BCUT2D eigenvalue weighted by molar-refractivity contribution is 0.103. The summed E-state index contributed by atoms with van der Waals surface area (Å²) in [5, 5.41) is 0. The predicted octanol–water partition coefficient (Wildman–Crippen LogP) is 3.55. The van der Waals surface area contributed by atoms with Crippen molar-refractivity contribution in [2.24, 2.45) is 0 Å². The minimum Gasteiger partial charge on any atom is -0.494 e. The maximum atomic E-state index is 13.6. The quantitative estimate of drug-likeness (QED) is 0.686. The van der Waals surface area contributed by atoms with Crippen molar-refractivity contribution in [3.8, 4) is 5.75 Å². The molecule has 0 saturated carbocycles. The van der Waals surface area contributed by atoms with Gasteiger partial charge in [-0.1, -0.05) is 0 Å². The minimum absolute atomic E-state index is 0.0410. The van der Waals surface area contributed by atoms with Gasteiger partial charge in [0.25, 0.3) is 0 Å². The summed E-state index contributed by atoms with van der Waals surface area (Å²) in [7, 11) is 1.33. The van der Waals surface area contributed by atoms with Crippen molar-refractivity contribution in [1.82, 2.24) is 0 Å². The Hall–Kier alpha value is -1.95. The summed E-state index contributed by atoms with van der Waals surface area (Å²) < 4.78 is 31.9. The molecule has 2 aromatic rings. The fourth-order valence-corrected chi connectivity index (χ4v) is 2.20. The number of hydrogen-bond acceptors (Lipinski definition) is 3. The third-order valence-corrected chi connectivity index (χ3v) is 3.40. The van der Waals surface area contributed by atoms with E-state index in [2.05, 4.69) is 15.9 Å². The summed E-state index contributed by atoms with van der Waals surface area (Å²) in [4.78, 5) is 12.3. The molecule has 2 aromatic carbocycles. The highest BCUT2D eigenvalue weighted by molar-refractivity contribution is 9.10. The Bertz CT molecular complexity index is 689. The van der Waals surface area contributed by atoms with Crippen molar-refractivity contribution in [2.45, 2.75) is 0 Å². The van der Waals surface area contributed by atoms with E-state index in [1.165, 1.54) is 25.3 Å². The topological polar surface area (TPSA) is 52.3 Å². The second-order valence-corrected chi connectivity index (χ2v) is 4.89. The number of rotatable bonds is 3. The number of methoxy groups -OCH3 is 1. The average molecular weight is 342 g/mol. The molecule has 0 aromatic heterocycles. The number of nitrogen functional groups attached to an aromatic ring is 1. The number of carbonyl (C=O) groups excluding carboxylic acids is 1. The van der Waals surface area contributed by atoms with E-state index in [0.717, 1.165) is 12.1 Å². The van der Waals surface area contributed by atoms with Gasteiger partial charge >= 0.3 is 0 Å². The van der Waals surface area contributed by atoms with Crippen molar-refractivity contribution in [2.75, 3.05) is 12.8 Å². The molecule has 0 fully saturated rings. The van der Waals surface area contributed by atoms with Crippen molar-refractivity contribution in [1.29, 1.82) is 0 Å². The molecule has 2 rings (SSSR count). The normalized spacial score (nSPS) is 10.4. The molecule has 104 valence electrons. The number of benzene rings is 2. The first-order valence-corrected chi connectivity index (χ1v) is 6.36. The fourth-order valence-electron chi connectivity index (χ4n) is 1.70. The molecule has 0 aliphatic carbocycles. The maximum Gasteiger partial charge on any atom is 0.194 e. The van der Waals surface area contributed by atoms with Gasteiger partial charge in [0.15, 0.2) is 17.3 Å². The lowest BCUT2D eigenvalue weighted by Gasteiger charge is -2.08. The van der Waals surface area contributed by atoms with E-state index >= 15 is 0 Å². The Morgan fingerprint density at radius 3 is 2.50 bits per heavy atom. The van der Waals surface area contributed by atoms with Gasteiger partial charge in [-0.25, -0.2) is 8.78 Å². The molecular formula is C14H10BrF2NO2. The third-order valence-electron chi connectivity index (χ3n) is 2.74. The van der Waals surface area contributed by atoms with Crippen LogP contribution in [-0.2, 0) is 0 Å². The van der Waals surface area contributed by atoms with Crippen molar-refractivity contribution in [3.63, 3.8) is 0 Å². The first-order chi connectivity index (χ1) is 9.43. The van der Waals surface area contributed by atoms with Gasteiger partial charge in [-0.15, -0.1) is 0 Å². The lowest BCUT2D eigenvalue weighted by Crippen LogP contribution is -2.05. The molecule has 2 N–H and O–H groups in total. The van der Waals surface area contributed by atoms with Gasteiger partial charge in [-0.2, -0.15) is 0 Å². The van der Waals surface area contributed by atoms with E-state index in [-0.39, 0.29) is 27.0 Å². The van der Waals surface area contributed by atoms with Crippen LogP contribution in [0.1, 0.15) is 15.9 Å². The summed E-state index contributed by atoms with van der Waals surface area (Å²) in [6.45, 7) is 0. The maximum absolute atomic E-state index is 13.6. The molecule has 0 spiro atoms. The monoisotopic (exact) mass is 341 g/mol. The summed E-state index contributed by atoms with van der Waals surface area (Å²) >= 11 is 3.09. The molecular weight excluding hydrogens is 332 g/mol. The zero-order chi connectivity index (χ0) is 14.9. The fraction of sp³-hybridized carbons (Fsp3) is 0.0714. The average Bonchev–Trinajstić information content (AvgIpc) is 2.42. The van der Waals surface area contributed by atoms with Crippen molar-refractivity contribution < 1.29 is 18.3 Å². The van der Waals surface area contributed by atoms with Crippen LogP contribution < -0.4 is 10.5 Å². The number of hydrogen-bond donors (Lipinski definition) is 1. The second kappa shape index (κ2) is 5.58. The van der Waals surface area contributed by atoms with Crippen LogP contribution in [0.5, 0.6) is 5.75 Å².